The van der Waals surface area contributed by atoms with Crippen molar-refractivity contribution < 1.29 is 9.90 Å². The van der Waals surface area contributed by atoms with Gasteiger partial charge in [-0.1, -0.05) is 18.2 Å². The molecule has 1 fully saturated rings. The quantitative estimate of drug-likeness (QED) is 0.592. The van der Waals surface area contributed by atoms with Crippen LogP contribution in [-0.2, 0) is 4.79 Å². The summed E-state index contributed by atoms with van der Waals surface area (Å²) >= 11 is 0. The Balaban J connectivity index is 1.68. The van der Waals surface area contributed by atoms with Gasteiger partial charge in [0.25, 0.3) is 0 Å². The summed E-state index contributed by atoms with van der Waals surface area (Å²) in [6, 6.07) is 9.76. The van der Waals surface area contributed by atoms with E-state index in [1.54, 1.807) is 12.3 Å². The average molecular weight is 390 g/mol. The molecule has 1 atom stereocenters. The number of aromatic nitrogens is 1. The lowest BCUT2D eigenvalue weighted by molar-refractivity contribution is -0.137. The van der Waals surface area contributed by atoms with E-state index in [4.69, 9.17) is 16.2 Å². The summed E-state index contributed by atoms with van der Waals surface area (Å²) in [5.41, 5.74) is 8.31. The smallest absolute Gasteiger partial charge is 0.303 e. The number of aliphatic carboxylic acids is 1. The van der Waals surface area contributed by atoms with Gasteiger partial charge in [-0.15, -0.1) is 0 Å². The Morgan fingerprint density at radius 1 is 1.41 bits per heavy atom. The van der Waals surface area contributed by atoms with Crippen LogP contribution in [-0.4, -0.2) is 46.1 Å². The molecular formula is C21H22N6O2. The third-order valence-electron chi connectivity index (χ3n) is 5.15. The molecule has 2 aromatic rings. The van der Waals surface area contributed by atoms with Crippen LogP contribution >= 0.6 is 0 Å². The van der Waals surface area contributed by atoms with Crippen molar-refractivity contribution in [3.8, 4) is 0 Å². The Bertz CT molecular complexity index is 1070. The molecule has 148 valence electrons. The maximum Gasteiger partial charge on any atom is 0.303 e. The molecule has 0 aliphatic carbocycles. The lowest BCUT2D eigenvalue weighted by atomic mass is 10.1. The van der Waals surface area contributed by atoms with Gasteiger partial charge in [-0.25, -0.2) is 4.99 Å². The van der Waals surface area contributed by atoms with Crippen molar-refractivity contribution >= 4 is 34.5 Å². The molecule has 4 rings (SSSR count). The first-order valence-corrected chi connectivity index (χ1v) is 9.43. The molecule has 1 aromatic heterocycles. The van der Waals surface area contributed by atoms with Crippen LogP contribution in [0.2, 0.25) is 0 Å². The van der Waals surface area contributed by atoms with Crippen molar-refractivity contribution in [2.75, 3.05) is 13.1 Å². The van der Waals surface area contributed by atoms with E-state index in [2.05, 4.69) is 15.3 Å². The Kier molecular flexibility index (Phi) is 4.99. The number of carbonyl (C=O) groups is 1. The number of allylic oxidation sites excluding steroid dienone is 1. The molecule has 0 saturated carbocycles. The summed E-state index contributed by atoms with van der Waals surface area (Å²) in [4.78, 5) is 22.2. The number of carboxylic acid groups (broad SMARTS) is 1. The van der Waals surface area contributed by atoms with Crippen LogP contribution in [0.3, 0.4) is 0 Å². The third kappa shape index (κ3) is 3.96. The van der Waals surface area contributed by atoms with Crippen LogP contribution in [0.1, 0.15) is 18.4 Å². The predicted octanol–water partition coefficient (Wildman–Crippen LogP) is 2.15. The molecule has 1 aromatic carbocycles. The molecule has 8 heteroatoms. The molecule has 8 nitrogen and oxygen atoms in total. The molecule has 0 amide bonds. The number of nitrogens with zero attached hydrogens (tertiary/aromatic N) is 3. The number of amidine groups is 1. The molecule has 3 heterocycles. The van der Waals surface area contributed by atoms with Crippen molar-refractivity contribution in [2.24, 2.45) is 16.6 Å². The van der Waals surface area contributed by atoms with Crippen LogP contribution in [0.15, 0.2) is 59.2 Å². The average Bonchev–Trinajstić information content (AvgIpc) is 3.16. The number of carboxylic acids is 1. The van der Waals surface area contributed by atoms with Gasteiger partial charge in [0.15, 0.2) is 0 Å². The number of nitrogens with two attached hydrogens (primary N) is 1. The number of fused-ring (bicyclic) bond motifs is 1. The first kappa shape index (κ1) is 18.7. The maximum atomic E-state index is 11.0. The zero-order chi connectivity index (χ0) is 20.4. The number of para-hydroxylation sites is 1. The van der Waals surface area contributed by atoms with Gasteiger partial charge in [0, 0.05) is 54.5 Å². The van der Waals surface area contributed by atoms with Crippen LogP contribution < -0.4 is 11.1 Å². The number of pyridine rings is 1. The molecule has 0 radical (unpaired) electrons. The summed E-state index contributed by atoms with van der Waals surface area (Å²) in [7, 11) is 0. The minimum absolute atomic E-state index is 0.0963. The van der Waals surface area contributed by atoms with Crippen LogP contribution in [0.5, 0.6) is 0 Å². The van der Waals surface area contributed by atoms with E-state index in [1.165, 1.54) is 6.21 Å². The zero-order valence-corrected chi connectivity index (χ0v) is 15.8. The van der Waals surface area contributed by atoms with Gasteiger partial charge in [0.1, 0.15) is 17.5 Å². The molecular weight excluding hydrogens is 368 g/mol. The molecule has 0 spiro atoms. The van der Waals surface area contributed by atoms with Crippen LogP contribution in [0, 0.1) is 11.3 Å². The molecule has 2 aliphatic heterocycles. The number of aliphatic imine (C=N–C) groups is 1. The Labute approximate surface area is 168 Å². The summed E-state index contributed by atoms with van der Waals surface area (Å²) in [5, 5.41) is 21.0. The first-order chi connectivity index (χ1) is 14.0. The monoisotopic (exact) mass is 390 g/mol. The fourth-order valence-corrected chi connectivity index (χ4v) is 3.74. The second-order valence-corrected chi connectivity index (χ2v) is 7.22. The molecule has 1 saturated heterocycles. The van der Waals surface area contributed by atoms with E-state index in [9.17, 15) is 4.79 Å². The van der Waals surface area contributed by atoms with Gasteiger partial charge in [-0.3, -0.25) is 9.78 Å². The summed E-state index contributed by atoms with van der Waals surface area (Å²) in [6.07, 6.45) is 5.66. The highest BCUT2D eigenvalue weighted by atomic mass is 16.4. The molecule has 5 N–H and O–H groups in total. The number of rotatable bonds is 4. The van der Waals surface area contributed by atoms with Gasteiger partial charge in [0.2, 0.25) is 0 Å². The van der Waals surface area contributed by atoms with Crippen LogP contribution in [0.25, 0.3) is 16.5 Å². The highest BCUT2D eigenvalue weighted by Gasteiger charge is 2.27. The van der Waals surface area contributed by atoms with E-state index < -0.39 is 5.97 Å². The fourth-order valence-electron chi connectivity index (χ4n) is 3.74. The predicted molar refractivity (Wildman–Crippen MR) is 112 cm³/mol. The van der Waals surface area contributed by atoms with E-state index >= 15 is 0 Å². The first-order valence-electron chi connectivity index (χ1n) is 9.43. The van der Waals surface area contributed by atoms with Crippen molar-refractivity contribution in [1.29, 1.82) is 5.41 Å². The highest BCUT2D eigenvalue weighted by molar-refractivity contribution is 6.11. The van der Waals surface area contributed by atoms with E-state index in [0.29, 0.717) is 29.6 Å². The second-order valence-electron chi connectivity index (χ2n) is 7.22. The summed E-state index contributed by atoms with van der Waals surface area (Å²) < 4.78 is 0. The standard InChI is InChI=1S/C21H22N6O2/c22-10-16(15-8-14-3-1-2-4-17(14)24-11-15)21-25-18(23)9-19(26-21)27-6-5-13(12-27)7-20(28)29/h1-4,8-11,13,22,25H,5-7,12,23H2,(H,28,29)/b21-16-,22-10?. The minimum Gasteiger partial charge on any atom is -0.481 e. The SMILES string of the molecule is N=C/C(=C1/N=C(N2CCC(CC(=O)O)C2)C=C(N)N1)c1cnc2ccccc2c1. The summed E-state index contributed by atoms with van der Waals surface area (Å²) in [5.74, 6) is 0.902. The van der Waals surface area contributed by atoms with Gasteiger partial charge in [0.05, 0.1) is 5.52 Å². The van der Waals surface area contributed by atoms with Gasteiger partial charge in [-0.2, -0.15) is 0 Å². The maximum absolute atomic E-state index is 11.0. The largest absolute Gasteiger partial charge is 0.481 e. The zero-order valence-electron chi connectivity index (χ0n) is 15.8. The third-order valence-corrected chi connectivity index (χ3v) is 5.15. The number of likely N-dealkylation sites (tertiary alicyclic amines) is 1. The molecule has 29 heavy (non-hydrogen) atoms. The van der Waals surface area contributed by atoms with Gasteiger partial charge < -0.3 is 26.5 Å². The topological polar surface area (TPSA) is 128 Å². The van der Waals surface area contributed by atoms with E-state index in [1.807, 2.05) is 35.2 Å². The Morgan fingerprint density at radius 3 is 3.03 bits per heavy atom. The van der Waals surface area contributed by atoms with Crippen LogP contribution in [0.4, 0.5) is 0 Å². The van der Waals surface area contributed by atoms with Gasteiger partial charge >= 0.3 is 5.97 Å². The fraction of sp³-hybridized carbons (Fsp3) is 0.238. The normalized spacial score (nSPS) is 20.7. The number of benzene rings is 1. The van der Waals surface area contributed by atoms with Crippen molar-refractivity contribution in [3.63, 3.8) is 0 Å². The molecule has 1 unspecified atom stereocenters. The minimum atomic E-state index is -0.783. The van der Waals surface area contributed by atoms with E-state index in [-0.39, 0.29) is 12.3 Å². The Morgan fingerprint density at radius 2 is 2.24 bits per heavy atom. The van der Waals surface area contributed by atoms with E-state index in [0.717, 1.165) is 29.4 Å². The van der Waals surface area contributed by atoms with Gasteiger partial charge in [-0.05, 0) is 24.5 Å². The second kappa shape index (κ2) is 7.75. The number of nitrogens with one attached hydrogen (secondary N) is 2. The molecule has 2 aliphatic rings. The summed E-state index contributed by atoms with van der Waals surface area (Å²) in [6.45, 7) is 1.35. The van der Waals surface area contributed by atoms with Crippen molar-refractivity contribution in [1.82, 2.24) is 15.2 Å². The highest BCUT2D eigenvalue weighted by Crippen LogP contribution is 2.25. The lowest BCUT2D eigenvalue weighted by Gasteiger charge is -2.24. The Hall–Kier alpha value is -3.68. The number of hydrogen-bond donors (Lipinski definition) is 4. The number of hydrogen-bond acceptors (Lipinski definition) is 7. The molecule has 0 bridgehead atoms. The lowest BCUT2D eigenvalue weighted by Crippen LogP contribution is -2.34. The van der Waals surface area contributed by atoms with Crippen molar-refractivity contribution in [3.05, 3.63) is 59.8 Å². The van der Waals surface area contributed by atoms with Crippen molar-refractivity contribution in [2.45, 2.75) is 12.8 Å².